The number of aliphatic hydroxyl groups is 1. The molecule has 7 heteroatoms. The van der Waals surface area contributed by atoms with Gasteiger partial charge in [-0.25, -0.2) is 8.78 Å². The largest absolute Gasteiger partial charge is 0.392 e. The molecule has 0 saturated heterocycles. The van der Waals surface area contributed by atoms with Gasteiger partial charge in [-0.2, -0.15) is 0 Å². The molecule has 5 nitrogen and oxygen atoms in total. The minimum atomic E-state index is -0.681. The lowest BCUT2D eigenvalue weighted by atomic mass is 9.51. The van der Waals surface area contributed by atoms with Gasteiger partial charge in [-0.05, 0) is 72.0 Å². The summed E-state index contributed by atoms with van der Waals surface area (Å²) in [4.78, 5) is 25.5. The van der Waals surface area contributed by atoms with E-state index in [2.05, 4.69) is 24.5 Å². The molecule has 35 heavy (non-hydrogen) atoms. The monoisotopic (exact) mass is 492 g/mol. The Labute approximate surface area is 208 Å². The molecule has 196 valence electrons. The fourth-order valence-corrected chi connectivity index (χ4v) is 6.49. The fraction of sp³-hybridized carbons (Fsp3) is 0.714. The molecule has 3 N–H and O–H groups in total. The Kier molecular flexibility index (Phi) is 8.30. The number of carbonyl (C=O) groups is 2. The number of halogens is 2. The predicted octanol–water partition coefficient (Wildman–Crippen LogP) is 4.96. The third-order valence-corrected chi connectivity index (χ3v) is 8.37. The van der Waals surface area contributed by atoms with Crippen molar-refractivity contribution in [1.29, 1.82) is 0 Å². The van der Waals surface area contributed by atoms with Gasteiger partial charge < -0.3 is 15.7 Å². The predicted molar refractivity (Wildman–Crippen MR) is 132 cm³/mol. The second-order valence-electron chi connectivity index (χ2n) is 12.5. The van der Waals surface area contributed by atoms with Gasteiger partial charge in [0, 0.05) is 31.0 Å². The van der Waals surface area contributed by atoms with Gasteiger partial charge in [-0.3, -0.25) is 9.59 Å². The van der Waals surface area contributed by atoms with Crippen LogP contribution < -0.4 is 10.6 Å². The number of fused-ring (bicyclic) bond motifs is 1. The maximum absolute atomic E-state index is 13.5. The van der Waals surface area contributed by atoms with Crippen LogP contribution in [0.2, 0.25) is 0 Å². The standard InChI is InChI=1S/C28H42F2N2O3/c1-16(26(35)31-15-18-11-19(29)13-20(30)12-18)21-7-9-28(6)10-8-22(17(2)24(28)25(21)34)32-23(33)14-27(3,4)5/h11-13,16-17,21-22,24-25,34H,7-10,14-15H2,1-6H3,(H,31,35)(H,32,33)/t16-,17+,21+,22-,24+,25-,28-/m0/s1. The fourth-order valence-electron chi connectivity index (χ4n) is 6.49. The molecule has 0 bridgehead atoms. The Morgan fingerprint density at radius 1 is 1.14 bits per heavy atom. The average Bonchev–Trinajstić information content (AvgIpc) is 2.72. The first kappa shape index (κ1) is 27.6. The van der Waals surface area contributed by atoms with Crippen LogP contribution in [0.4, 0.5) is 8.78 Å². The van der Waals surface area contributed by atoms with Gasteiger partial charge in [-0.1, -0.05) is 41.5 Å². The molecule has 1 aromatic rings. The minimum absolute atomic E-state index is 0.00308. The molecule has 0 heterocycles. The van der Waals surface area contributed by atoms with Gasteiger partial charge in [0.05, 0.1) is 6.10 Å². The zero-order valence-electron chi connectivity index (χ0n) is 22.0. The maximum atomic E-state index is 13.5. The summed E-state index contributed by atoms with van der Waals surface area (Å²) in [5.41, 5.74) is 0.233. The van der Waals surface area contributed by atoms with Crippen molar-refractivity contribution in [2.24, 2.45) is 34.5 Å². The molecule has 0 unspecified atom stereocenters. The van der Waals surface area contributed by atoms with Crippen molar-refractivity contribution in [3.63, 3.8) is 0 Å². The van der Waals surface area contributed by atoms with Crippen LogP contribution in [0.3, 0.4) is 0 Å². The molecule has 7 atom stereocenters. The van der Waals surface area contributed by atoms with E-state index in [0.717, 1.165) is 31.7 Å². The molecule has 1 aromatic carbocycles. The molecule has 2 aliphatic rings. The van der Waals surface area contributed by atoms with Crippen LogP contribution >= 0.6 is 0 Å². The van der Waals surface area contributed by atoms with Crippen LogP contribution in [-0.4, -0.2) is 29.1 Å². The first-order valence-corrected chi connectivity index (χ1v) is 12.9. The number of benzene rings is 1. The van der Waals surface area contributed by atoms with Crippen molar-refractivity contribution in [2.45, 2.75) is 92.3 Å². The Morgan fingerprint density at radius 2 is 1.74 bits per heavy atom. The number of rotatable bonds is 6. The van der Waals surface area contributed by atoms with Crippen molar-refractivity contribution < 1.29 is 23.5 Å². The van der Waals surface area contributed by atoms with E-state index in [1.165, 1.54) is 12.1 Å². The van der Waals surface area contributed by atoms with Crippen molar-refractivity contribution >= 4 is 11.8 Å². The van der Waals surface area contributed by atoms with Gasteiger partial charge >= 0.3 is 0 Å². The Balaban J connectivity index is 1.66. The van der Waals surface area contributed by atoms with E-state index in [-0.39, 0.29) is 53.0 Å². The summed E-state index contributed by atoms with van der Waals surface area (Å²) in [7, 11) is 0. The third-order valence-electron chi connectivity index (χ3n) is 8.37. The second-order valence-corrected chi connectivity index (χ2v) is 12.5. The van der Waals surface area contributed by atoms with E-state index in [4.69, 9.17) is 0 Å². The lowest BCUT2D eigenvalue weighted by Crippen LogP contribution is -2.58. The Hall–Kier alpha value is -2.02. The van der Waals surface area contributed by atoms with Crippen LogP contribution in [0.5, 0.6) is 0 Å². The van der Waals surface area contributed by atoms with Crippen LogP contribution in [0.1, 0.15) is 79.2 Å². The topological polar surface area (TPSA) is 78.4 Å². The maximum Gasteiger partial charge on any atom is 0.223 e. The average molecular weight is 493 g/mol. The highest BCUT2D eigenvalue weighted by Gasteiger charge is 2.53. The van der Waals surface area contributed by atoms with Gasteiger partial charge in [0.25, 0.3) is 0 Å². The van der Waals surface area contributed by atoms with Gasteiger partial charge in [-0.15, -0.1) is 0 Å². The van der Waals surface area contributed by atoms with Gasteiger partial charge in [0.2, 0.25) is 11.8 Å². The Morgan fingerprint density at radius 3 is 2.34 bits per heavy atom. The number of hydrogen-bond acceptors (Lipinski definition) is 3. The van der Waals surface area contributed by atoms with Crippen LogP contribution in [0.15, 0.2) is 18.2 Å². The van der Waals surface area contributed by atoms with E-state index in [9.17, 15) is 23.5 Å². The van der Waals surface area contributed by atoms with Crippen molar-refractivity contribution in [3.8, 4) is 0 Å². The van der Waals surface area contributed by atoms with Crippen molar-refractivity contribution in [3.05, 3.63) is 35.4 Å². The summed E-state index contributed by atoms with van der Waals surface area (Å²) in [6, 6.07) is 3.20. The van der Waals surface area contributed by atoms with E-state index in [1.54, 1.807) is 0 Å². The minimum Gasteiger partial charge on any atom is -0.392 e. The number of carbonyl (C=O) groups excluding carboxylic acids is 2. The van der Waals surface area contributed by atoms with Crippen LogP contribution in [-0.2, 0) is 16.1 Å². The molecule has 0 radical (unpaired) electrons. The second kappa shape index (κ2) is 10.5. The Bertz CT molecular complexity index is 911. The lowest BCUT2D eigenvalue weighted by Gasteiger charge is -2.56. The molecular weight excluding hydrogens is 450 g/mol. The molecule has 3 rings (SSSR count). The molecule has 2 aliphatic carbocycles. The highest BCUT2D eigenvalue weighted by atomic mass is 19.1. The third kappa shape index (κ3) is 6.60. The quantitative estimate of drug-likeness (QED) is 0.525. The van der Waals surface area contributed by atoms with E-state index >= 15 is 0 Å². The molecule has 0 aromatic heterocycles. The first-order chi connectivity index (χ1) is 16.2. The summed E-state index contributed by atoms with van der Waals surface area (Å²) in [5, 5.41) is 17.5. The van der Waals surface area contributed by atoms with E-state index < -0.39 is 23.7 Å². The summed E-state index contributed by atoms with van der Waals surface area (Å²) < 4.78 is 26.9. The number of hydrogen-bond donors (Lipinski definition) is 3. The summed E-state index contributed by atoms with van der Waals surface area (Å²) in [5.74, 6) is -2.16. The molecule has 2 amide bonds. The highest BCUT2D eigenvalue weighted by Crippen LogP contribution is 2.55. The van der Waals surface area contributed by atoms with E-state index in [1.807, 2.05) is 27.7 Å². The SMILES string of the molecule is C[C@H]1[C@@H]2[C@@H](O)[C@@H]([C@H](C)C(=O)NCc3cc(F)cc(F)c3)CC[C@@]2(C)CC[C@@H]1NC(=O)CC(C)(C)C. The molecule has 0 spiro atoms. The molecule has 2 saturated carbocycles. The highest BCUT2D eigenvalue weighted by molar-refractivity contribution is 5.78. The number of nitrogens with one attached hydrogen (secondary N) is 2. The number of amides is 2. The number of aliphatic hydroxyl groups excluding tert-OH is 1. The van der Waals surface area contributed by atoms with Crippen LogP contribution in [0.25, 0.3) is 0 Å². The summed E-state index contributed by atoms with van der Waals surface area (Å²) in [6.45, 7) is 12.3. The molecular formula is C28H42F2N2O3. The lowest BCUT2D eigenvalue weighted by molar-refractivity contribution is -0.144. The zero-order valence-corrected chi connectivity index (χ0v) is 22.0. The molecule has 2 fully saturated rings. The van der Waals surface area contributed by atoms with Crippen molar-refractivity contribution in [1.82, 2.24) is 10.6 Å². The molecule has 0 aliphatic heterocycles. The normalized spacial score (nSPS) is 31.9. The summed E-state index contributed by atoms with van der Waals surface area (Å²) >= 11 is 0. The van der Waals surface area contributed by atoms with Gasteiger partial charge in [0.15, 0.2) is 0 Å². The van der Waals surface area contributed by atoms with E-state index in [0.29, 0.717) is 12.0 Å². The van der Waals surface area contributed by atoms with Crippen LogP contribution in [0, 0.1) is 46.1 Å². The smallest absolute Gasteiger partial charge is 0.223 e. The van der Waals surface area contributed by atoms with Gasteiger partial charge in [0.1, 0.15) is 11.6 Å². The zero-order chi connectivity index (χ0) is 26.1. The van der Waals surface area contributed by atoms with Crippen molar-refractivity contribution in [2.75, 3.05) is 0 Å². The first-order valence-electron chi connectivity index (χ1n) is 12.9. The summed E-state index contributed by atoms with van der Waals surface area (Å²) in [6.07, 6.45) is 3.26.